The molecule has 3 aromatic rings. The molecule has 0 aliphatic carbocycles. The molecule has 0 unspecified atom stereocenters. The normalized spacial score (nSPS) is 10.7. The van der Waals surface area contributed by atoms with Crippen LogP contribution in [0.15, 0.2) is 54.7 Å². The molecule has 2 N–H and O–H groups in total. The van der Waals surface area contributed by atoms with Crippen LogP contribution in [-0.2, 0) is 6.54 Å². The Balaban J connectivity index is 2.02. The molecule has 0 saturated heterocycles. The van der Waals surface area contributed by atoms with E-state index < -0.39 is 0 Å². The summed E-state index contributed by atoms with van der Waals surface area (Å²) in [6, 6.07) is 15.6. The van der Waals surface area contributed by atoms with Crippen LogP contribution in [0.25, 0.3) is 10.9 Å². The molecule has 0 spiro atoms. The summed E-state index contributed by atoms with van der Waals surface area (Å²) in [4.78, 5) is 21.1. The van der Waals surface area contributed by atoms with E-state index in [1.54, 1.807) is 18.1 Å². The average Bonchev–Trinajstić information content (AvgIpc) is 2.61. The van der Waals surface area contributed by atoms with Crippen LogP contribution in [-0.4, -0.2) is 36.9 Å². The number of anilines is 2. The number of amides is 1. The molecule has 0 radical (unpaired) electrons. The van der Waals surface area contributed by atoms with Crippen molar-refractivity contribution >= 4 is 28.2 Å². The number of hydrogen-bond donors (Lipinski definition) is 1. The largest absolute Gasteiger partial charge is 0.397 e. The number of pyridine rings is 1. The molecule has 3 rings (SSSR count). The maximum absolute atomic E-state index is 13.0. The second-order valence-corrected chi connectivity index (χ2v) is 6.31. The van der Waals surface area contributed by atoms with Gasteiger partial charge in [-0.05, 0) is 11.6 Å². The Morgan fingerprint density at radius 2 is 1.76 bits per heavy atom. The Morgan fingerprint density at radius 1 is 1.04 bits per heavy atom. The van der Waals surface area contributed by atoms with E-state index in [0.29, 0.717) is 23.3 Å². The van der Waals surface area contributed by atoms with Gasteiger partial charge < -0.3 is 15.5 Å². The first-order chi connectivity index (χ1) is 12.0. The van der Waals surface area contributed by atoms with Crippen molar-refractivity contribution in [3.05, 3.63) is 65.9 Å². The number of rotatable bonds is 4. The molecule has 0 atom stereocenters. The van der Waals surface area contributed by atoms with Crippen molar-refractivity contribution < 1.29 is 4.79 Å². The zero-order chi connectivity index (χ0) is 18.0. The Hall–Kier alpha value is -3.08. The maximum atomic E-state index is 13.0. The smallest absolute Gasteiger partial charge is 0.257 e. The first kappa shape index (κ1) is 16.8. The molecule has 128 valence electrons. The third-order valence-corrected chi connectivity index (χ3v) is 4.19. The van der Waals surface area contributed by atoms with E-state index >= 15 is 0 Å². The Labute approximate surface area is 147 Å². The monoisotopic (exact) mass is 334 g/mol. The third-order valence-electron chi connectivity index (χ3n) is 4.19. The highest BCUT2D eigenvalue weighted by atomic mass is 16.2. The van der Waals surface area contributed by atoms with Gasteiger partial charge in [0.1, 0.15) is 0 Å². The van der Waals surface area contributed by atoms with Crippen molar-refractivity contribution in [2.75, 3.05) is 31.8 Å². The van der Waals surface area contributed by atoms with Crippen LogP contribution >= 0.6 is 0 Å². The Morgan fingerprint density at radius 3 is 2.44 bits per heavy atom. The number of nitrogens with two attached hydrogens (primary N) is 1. The topological polar surface area (TPSA) is 62.5 Å². The number of carbonyl (C=O) groups is 1. The number of nitrogens with zero attached hydrogens (tertiary/aromatic N) is 3. The Kier molecular flexibility index (Phi) is 4.57. The van der Waals surface area contributed by atoms with Gasteiger partial charge in [0.25, 0.3) is 5.91 Å². The van der Waals surface area contributed by atoms with Crippen molar-refractivity contribution in [2.24, 2.45) is 0 Å². The van der Waals surface area contributed by atoms with Gasteiger partial charge in [-0.3, -0.25) is 9.78 Å². The zero-order valence-corrected chi connectivity index (χ0v) is 14.7. The van der Waals surface area contributed by atoms with Gasteiger partial charge in [-0.15, -0.1) is 0 Å². The van der Waals surface area contributed by atoms with E-state index in [1.807, 2.05) is 67.5 Å². The number of benzene rings is 2. The standard InChI is InChI=1S/C20H22N4O/c1-23(2)19-15-10-7-11-17(21)18(15)22-12-16(19)20(25)24(3)13-14-8-5-4-6-9-14/h4-12H,13,21H2,1-3H3. The van der Waals surface area contributed by atoms with Crippen LogP contribution < -0.4 is 10.6 Å². The summed E-state index contributed by atoms with van der Waals surface area (Å²) in [5.41, 5.74) is 9.85. The van der Waals surface area contributed by atoms with Crippen LogP contribution in [0.3, 0.4) is 0 Å². The summed E-state index contributed by atoms with van der Waals surface area (Å²) in [6.45, 7) is 0.543. The van der Waals surface area contributed by atoms with Crippen LogP contribution in [0.4, 0.5) is 11.4 Å². The van der Waals surface area contributed by atoms with Gasteiger partial charge in [0.05, 0.1) is 22.5 Å². The fourth-order valence-electron chi connectivity index (χ4n) is 3.00. The molecule has 0 aliphatic heterocycles. The highest BCUT2D eigenvalue weighted by Crippen LogP contribution is 2.31. The van der Waals surface area contributed by atoms with Crippen LogP contribution in [0.1, 0.15) is 15.9 Å². The SMILES string of the molecule is CN(Cc1ccccc1)C(=O)c1cnc2c(N)cccc2c1N(C)C. The summed E-state index contributed by atoms with van der Waals surface area (Å²) in [7, 11) is 5.65. The summed E-state index contributed by atoms with van der Waals surface area (Å²) in [5, 5.41) is 0.879. The molecule has 1 heterocycles. The lowest BCUT2D eigenvalue weighted by atomic mass is 10.1. The number of carbonyl (C=O) groups excluding carboxylic acids is 1. The molecular weight excluding hydrogens is 312 g/mol. The van der Waals surface area contributed by atoms with E-state index in [-0.39, 0.29) is 5.91 Å². The van der Waals surface area contributed by atoms with Gasteiger partial charge in [-0.25, -0.2) is 0 Å². The number of hydrogen-bond acceptors (Lipinski definition) is 4. The molecule has 1 aromatic heterocycles. The molecule has 0 aliphatic rings. The van der Waals surface area contributed by atoms with Gasteiger partial charge in [0, 0.05) is 39.3 Å². The Bertz CT molecular complexity index is 906. The fraction of sp³-hybridized carbons (Fsp3) is 0.200. The number of para-hydroxylation sites is 1. The van der Waals surface area contributed by atoms with Gasteiger partial charge in [0.15, 0.2) is 0 Å². The predicted octanol–water partition coefficient (Wildman–Crippen LogP) is 3.16. The van der Waals surface area contributed by atoms with E-state index in [4.69, 9.17) is 5.73 Å². The fourth-order valence-corrected chi connectivity index (χ4v) is 3.00. The highest BCUT2D eigenvalue weighted by molar-refractivity contribution is 6.09. The first-order valence-electron chi connectivity index (χ1n) is 8.13. The molecule has 0 fully saturated rings. The summed E-state index contributed by atoms with van der Waals surface area (Å²) >= 11 is 0. The van der Waals surface area contributed by atoms with Crippen LogP contribution in [0.2, 0.25) is 0 Å². The van der Waals surface area contributed by atoms with Crippen molar-refractivity contribution in [1.82, 2.24) is 9.88 Å². The maximum Gasteiger partial charge on any atom is 0.257 e. The minimum absolute atomic E-state index is 0.0654. The van der Waals surface area contributed by atoms with Gasteiger partial charge in [-0.1, -0.05) is 42.5 Å². The summed E-state index contributed by atoms with van der Waals surface area (Å²) in [5.74, 6) is -0.0654. The number of fused-ring (bicyclic) bond motifs is 1. The summed E-state index contributed by atoms with van der Waals surface area (Å²) in [6.07, 6.45) is 1.62. The molecule has 1 amide bonds. The van der Waals surface area contributed by atoms with Crippen LogP contribution in [0.5, 0.6) is 0 Å². The molecule has 25 heavy (non-hydrogen) atoms. The molecule has 0 saturated carbocycles. The summed E-state index contributed by atoms with van der Waals surface area (Å²) < 4.78 is 0. The lowest BCUT2D eigenvalue weighted by molar-refractivity contribution is 0.0785. The van der Waals surface area contributed by atoms with Gasteiger partial charge in [0.2, 0.25) is 0 Å². The van der Waals surface area contributed by atoms with E-state index in [2.05, 4.69) is 4.98 Å². The lowest BCUT2D eigenvalue weighted by Crippen LogP contribution is -2.28. The zero-order valence-electron chi connectivity index (χ0n) is 14.7. The molecule has 5 heteroatoms. The minimum atomic E-state index is -0.0654. The highest BCUT2D eigenvalue weighted by Gasteiger charge is 2.20. The first-order valence-corrected chi connectivity index (χ1v) is 8.13. The lowest BCUT2D eigenvalue weighted by Gasteiger charge is -2.23. The molecule has 2 aromatic carbocycles. The van der Waals surface area contributed by atoms with E-state index in [0.717, 1.165) is 16.6 Å². The van der Waals surface area contributed by atoms with Crippen LogP contribution in [0, 0.1) is 0 Å². The quantitative estimate of drug-likeness (QED) is 0.745. The minimum Gasteiger partial charge on any atom is -0.397 e. The average molecular weight is 334 g/mol. The molecule has 5 nitrogen and oxygen atoms in total. The van der Waals surface area contributed by atoms with Crippen molar-refractivity contribution in [3.63, 3.8) is 0 Å². The molecule has 0 bridgehead atoms. The van der Waals surface area contributed by atoms with Gasteiger partial charge >= 0.3 is 0 Å². The van der Waals surface area contributed by atoms with E-state index in [1.165, 1.54) is 0 Å². The molecular formula is C20H22N4O. The van der Waals surface area contributed by atoms with Crippen molar-refractivity contribution in [1.29, 1.82) is 0 Å². The number of nitrogen functional groups attached to an aromatic ring is 1. The van der Waals surface area contributed by atoms with Crippen molar-refractivity contribution in [2.45, 2.75) is 6.54 Å². The number of aromatic nitrogens is 1. The second kappa shape index (κ2) is 6.81. The van der Waals surface area contributed by atoms with E-state index in [9.17, 15) is 4.79 Å². The second-order valence-electron chi connectivity index (χ2n) is 6.31. The third kappa shape index (κ3) is 3.26. The van der Waals surface area contributed by atoms with Crippen molar-refractivity contribution in [3.8, 4) is 0 Å². The predicted molar refractivity (Wildman–Crippen MR) is 103 cm³/mol. The van der Waals surface area contributed by atoms with Gasteiger partial charge in [-0.2, -0.15) is 0 Å².